The number of hydrogen-bond acceptors (Lipinski definition) is 3. The minimum atomic E-state index is -0.290. The van der Waals surface area contributed by atoms with Crippen molar-refractivity contribution in [1.29, 1.82) is 0 Å². The number of pyridine rings is 1. The first-order valence-corrected chi connectivity index (χ1v) is 7.88. The van der Waals surface area contributed by atoms with Crippen molar-refractivity contribution in [2.24, 2.45) is 0 Å². The second-order valence-corrected chi connectivity index (χ2v) is 5.67. The van der Waals surface area contributed by atoms with E-state index in [0.29, 0.717) is 27.5 Å². The Morgan fingerprint density at radius 3 is 2.04 bits per heavy atom. The molecular weight excluding hydrogens is 338 g/mol. The Balaban J connectivity index is 1.72. The molecule has 6 heteroatoms. The van der Waals surface area contributed by atoms with E-state index >= 15 is 0 Å². The number of hydrogen-bond donors (Lipinski definition) is 2. The summed E-state index contributed by atoms with van der Waals surface area (Å²) in [6.07, 6.45) is 3.09. The van der Waals surface area contributed by atoms with E-state index in [4.69, 9.17) is 11.6 Å². The summed E-state index contributed by atoms with van der Waals surface area (Å²) in [5.41, 5.74) is 2.04. The number of halogens is 1. The van der Waals surface area contributed by atoms with Gasteiger partial charge >= 0.3 is 0 Å². The van der Waals surface area contributed by atoms with E-state index in [-0.39, 0.29) is 11.8 Å². The van der Waals surface area contributed by atoms with Crippen LogP contribution >= 0.6 is 11.6 Å². The van der Waals surface area contributed by atoms with Crippen molar-refractivity contribution in [2.75, 3.05) is 10.6 Å². The Hall–Kier alpha value is -3.18. The quantitative estimate of drug-likeness (QED) is 0.738. The highest BCUT2D eigenvalue weighted by atomic mass is 35.5. The number of rotatable bonds is 4. The average molecular weight is 352 g/mol. The third kappa shape index (κ3) is 4.43. The Kier molecular flexibility index (Phi) is 5.06. The first kappa shape index (κ1) is 16.7. The van der Waals surface area contributed by atoms with Gasteiger partial charge < -0.3 is 10.6 Å². The highest BCUT2D eigenvalue weighted by Crippen LogP contribution is 2.17. The zero-order chi connectivity index (χ0) is 17.6. The largest absolute Gasteiger partial charge is 0.322 e. The standard InChI is InChI=1S/C19H14ClN3O2/c20-15-4-2-6-17(12-15)23-19(25)14-3-1-5-16(11-14)22-18(24)13-7-9-21-10-8-13/h1-12H,(H,22,24)(H,23,25). The van der Waals surface area contributed by atoms with Gasteiger partial charge in [-0.1, -0.05) is 23.7 Å². The van der Waals surface area contributed by atoms with Crippen LogP contribution < -0.4 is 10.6 Å². The van der Waals surface area contributed by atoms with Gasteiger partial charge in [0, 0.05) is 39.9 Å². The smallest absolute Gasteiger partial charge is 0.255 e. The van der Waals surface area contributed by atoms with Crippen LogP contribution in [-0.2, 0) is 0 Å². The van der Waals surface area contributed by atoms with Gasteiger partial charge in [-0.15, -0.1) is 0 Å². The summed E-state index contributed by atoms with van der Waals surface area (Å²) in [6.45, 7) is 0. The van der Waals surface area contributed by atoms with E-state index in [1.54, 1.807) is 73.1 Å². The molecule has 0 aliphatic carbocycles. The first-order chi connectivity index (χ1) is 12.1. The predicted octanol–water partition coefficient (Wildman–Crippen LogP) is 4.24. The Labute approximate surface area is 149 Å². The molecule has 2 amide bonds. The van der Waals surface area contributed by atoms with Crippen LogP contribution in [0.5, 0.6) is 0 Å². The maximum atomic E-state index is 12.4. The van der Waals surface area contributed by atoms with Crippen molar-refractivity contribution in [3.63, 3.8) is 0 Å². The average Bonchev–Trinajstić information content (AvgIpc) is 2.62. The van der Waals surface area contributed by atoms with Crippen LogP contribution in [0, 0.1) is 0 Å². The molecule has 2 aromatic carbocycles. The van der Waals surface area contributed by atoms with E-state index in [2.05, 4.69) is 15.6 Å². The van der Waals surface area contributed by atoms with Crippen LogP contribution in [0.25, 0.3) is 0 Å². The highest BCUT2D eigenvalue weighted by Gasteiger charge is 2.09. The number of carbonyl (C=O) groups excluding carboxylic acids is 2. The normalized spacial score (nSPS) is 10.1. The molecular formula is C19H14ClN3O2. The van der Waals surface area contributed by atoms with E-state index in [0.717, 1.165) is 0 Å². The van der Waals surface area contributed by atoms with Crippen molar-refractivity contribution < 1.29 is 9.59 Å². The van der Waals surface area contributed by atoms with Crippen molar-refractivity contribution in [1.82, 2.24) is 4.98 Å². The molecule has 0 radical (unpaired) electrons. The molecule has 0 fully saturated rings. The second kappa shape index (κ2) is 7.59. The van der Waals surface area contributed by atoms with Crippen LogP contribution in [0.4, 0.5) is 11.4 Å². The molecule has 0 aliphatic heterocycles. The first-order valence-electron chi connectivity index (χ1n) is 7.50. The highest BCUT2D eigenvalue weighted by molar-refractivity contribution is 6.31. The number of nitrogens with one attached hydrogen (secondary N) is 2. The minimum Gasteiger partial charge on any atom is -0.322 e. The molecule has 0 spiro atoms. The predicted molar refractivity (Wildman–Crippen MR) is 98.0 cm³/mol. The van der Waals surface area contributed by atoms with Gasteiger partial charge in [0.2, 0.25) is 0 Å². The van der Waals surface area contributed by atoms with Crippen LogP contribution in [0.1, 0.15) is 20.7 Å². The third-order valence-electron chi connectivity index (χ3n) is 3.41. The van der Waals surface area contributed by atoms with E-state index in [1.807, 2.05) is 0 Å². The van der Waals surface area contributed by atoms with Crippen molar-refractivity contribution in [3.05, 3.63) is 89.2 Å². The Bertz CT molecular complexity index is 913. The molecule has 0 saturated heterocycles. The molecule has 5 nitrogen and oxygen atoms in total. The van der Waals surface area contributed by atoms with Gasteiger partial charge in [-0.05, 0) is 48.5 Å². The summed E-state index contributed by atoms with van der Waals surface area (Å²) < 4.78 is 0. The maximum Gasteiger partial charge on any atom is 0.255 e. The van der Waals surface area contributed by atoms with Gasteiger partial charge in [0.25, 0.3) is 11.8 Å². The molecule has 0 atom stereocenters. The zero-order valence-corrected chi connectivity index (χ0v) is 13.8. The van der Waals surface area contributed by atoms with Crippen molar-refractivity contribution >= 4 is 34.8 Å². The fraction of sp³-hybridized carbons (Fsp3) is 0. The molecule has 1 heterocycles. The summed E-state index contributed by atoms with van der Waals surface area (Å²) >= 11 is 5.91. The lowest BCUT2D eigenvalue weighted by Gasteiger charge is -2.09. The van der Waals surface area contributed by atoms with Gasteiger partial charge in [-0.3, -0.25) is 14.6 Å². The van der Waals surface area contributed by atoms with Gasteiger partial charge in [0.1, 0.15) is 0 Å². The fourth-order valence-corrected chi connectivity index (χ4v) is 2.40. The maximum absolute atomic E-state index is 12.4. The number of amides is 2. The summed E-state index contributed by atoms with van der Waals surface area (Å²) in [5, 5.41) is 6.06. The SMILES string of the molecule is O=C(Nc1cccc(C(=O)Nc2cccc(Cl)c2)c1)c1ccncc1. The number of carbonyl (C=O) groups is 2. The molecule has 3 aromatic rings. The lowest BCUT2D eigenvalue weighted by Crippen LogP contribution is -2.14. The molecule has 0 unspecified atom stereocenters. The summed E-state index contributed by atoms with van der Waals surface area (Å²) in [7, 11) is 0. The monoisotopic (exact) mass is 351 g/mol. The van der Waals surface area contributed by atoms with E-state index in [9.17, 15) is 9.59 Å². The lowest BCUT2D eigenvalue weighted by molar-refractivity contribution is 0.101. The molecule has 0 aliphatic rings. The summed E-state index contributed by atoms with van der Waals surface area (Å²) in [5.74, 6) is -0.558. The van der Waals surface area contributed by atoms with Gasteiger partial charge in [-0.2, -0.15) is 0 Å². The van der Waals surface area contributed by atoms with Crippen LogP contribution in [0.15, 0.2) is 73.1 Å². The molecule has 1 aromatic heterocycles. The van der Waals surface area contributed by atoms with Gasteiger partial charge in [0.15, 0.2) is 0 Å². The fourth-order valence-electron chi connectivity index (χ4n) is 2.21. The van der Waals surface area contributed by atoms with Crippen LogP contribution in [0.2, 0.25) is 5.02 Å². The minimum absolute atomic E-state index is 0.269. The van der Waals surface area contributed by atoms with Crippen molar-refractivity contribution in [2.45, 2.75) is 0 Å². The summed E-state index contributed by atoms with van der Waals surface area (Å²) in [4.78, 5) is 28.4. The van der Waals surface area contributed by atoms with Crippen molar-refractivity contribution in [3.8, 4) is 0 Å². The summed E-state index contributed by atoms with van der Waals surface area (Å²) in [6, 6.07) is 16.8. The number of aromatic nitrogens is 1. The Morgan fingerprint density at radius 2 is 1.36 bits per heavy atom. The van der Waals surface area contributed by atoms with Gasteiger partial charge in [0.05, 0.1) is 0 Å². The second-order valence-electron chi connectivity index (χ2n) is 5.24. The van der Waals surface area contributed by atoms with Crippen LogP contribution in [-0.4, -0.2) is 16.8 Å². The topological polar surface area (TPSA) is 71.1 Å². The third-order valence-corrected chi connectivity index (χ3v) is 3.64. The Morgan fingerprint density at radius 1 is 0.760 bits per heavy atom. The number of benzene rings is 2. The molecule has 25 heavy (non-hydrogen) atoms. The van der Waals surface area contributed by atoms with E-state index in [1.165, 1.54) is 0 Å². The van der Waals surface area contributed by atoms with Crippen LogP contribution in [0.3, 0.4) is 0 Å². The molecule has 124 valence electrons. The molecule has 2 N–H and O–H groups in total. The van der Waals surface area contributed by atoms with Gasteiger partial charge in [-0.25, -0.2) is 0 Å². The lowest BCUT2D eigenvalue weighted by atomic mass is 10.1. The molecule has 3 rings (SSSR count). The zero-order valence-electron chi connectivity index (χ0n) is 13.1. The molecule has 0 saturated carbocycles. The number of anilines is 2. The number of nitrogens with zero attached hydrogens (tertiary/aromatic N) is 1. The molecule has 0 bridgehead atoms. The van der Waals surface area contributed by atoms with E-state index < -0.39 is 0 Å².